The Bertz CT molecular complexity index is 537. The highest BCUT2D eigenvalue weighted by molar-refractivity contribution is 5.67. The molecule has 0 saturated carbocycles. The molecule has 1 aromatic carbocycles. The van der Waals surface area contributed by atoms with Gasteiger partial charge in [-0.25, -0.2) is 0 Å². The average Bonchev–Trinajstić information content (AvgIpc) is 2.81. The molecule has 0 bridgehead atoms. The highest BCUT2D eigenvalue weighted by Gasteiger charge is 2.15. The van der Waals surface area contributed by atoms with Crippen molar-refractivity contribution in [2.24, 2.45) is 5.73 Å². The second-order valence-electron chi connectivity index (χ2n) is 3.56. The van der Waals surface area contributed by atoms with E-state index in [9.17, 15) is 5.11 Å². The van der Waals surface area contributed by atoms with Crippen molar-refractivity contribution >= 4 is 0 Å². The lowest BCUT2D eigenvalue weighted by Gasteiger charge is -2.07. The van der Waals surface area contributed by atoms with Crippen molar-refractivity contribution in [2.45, 2.75) is 13.5 Å². The molecule has 0 spiro atoms. The van der Waals surface area contributed by atoms with Gasteiger partial charge in [-0.2, -0.15) is 4.98 Å². The molecule has 90 valence electrons. The summed E-state index contributed by atoms with van der Waals surface area (Å²) in [5.41, 5.74) is 6.52. The van der Waals surface area contributed by atoms with E-state index in [4.69, 9.17) is 15.0 Å². The molecule has 0 radical (unpaired) electrons. The molecule has 17 heavy (non-hydrogen) atoms. The minimum Gasteiger partial charge on any atom is -0.507 e. The first-order valence-corrected chi connectivity index (χ1v) is 5.06. The number of aromatic hydroxyl groups is 1. The largest absolute Gasteiger partial charge is 0.507 e. The molecule has 2 aromatic rings. The summed E-state index contributed by atoms with van der Waals surface area (Å²) in [5, 5.41) is 13.7. The van der Waals surface area contributed by atoms with Crippen molar-refractivity contribution in [1.82, 2.24) is 10.1 Å². The van der Waals surface area contributed by atoms with Crippen molar-refractivity contribution in [3.8, 4) is 22.9 Å². The molecular weight excluding hydrogens is 222 g/mol. The van der Waals surface area contributed by atoms with Crippen LogP contribution in [0, 0.1) is 6.92 Å². The zero-order chi connectivity index (χ0) is 12.4. The van der Waals surface area contributed by atoms with Crippen LogP contribution in [-0.4, -0.2) is 22.4 Å². The third-order valence-electron chi connectivity index (χ3n) is 2.39. The molecule has 0 aliphatic carbocycles. The second-order valence-corrected chi connectivity index (χ2v) is 3.56. The van der Waals surface area contributed by atoms with Gasteiger partial charge in [0.1, 0.15) is 11.5 Å². The van der Waals surface area contributed by atoms with Crippen LogP contribution in [0.5, 0.6) is 11.5 Å². The second kappa shape index (κ2) is 4.42. The van der Waals surface area contributed by atoms with Crippen molar-refractivity contribution in [1.29, 1.82) is 0 Å². The average molecular weight is 235 g/mol. The van der Waals surface area contributed by atoms with Gasteiger partial charge in [0, 0.05) is 0 Å². The van der Waals surface area contributed by atoms with Crippen LogP contribution < -0.4 is 10.5 Å². The SMILES string of the molecule is COc1cc(C)c(O)c(-c2noc(CN)n2)c1. The summed E-state index contributed by atoms with van der Waals surface area (Å²) in [7, 11) is 1.55. The molecule has 1 heterocycles. The van der Waals surface area contributed by atoms with Gasteiger partial charge in [-0.05, 0) is 24.6 Å². The minimum absolute atomic E-state index is 0.107. The Hall–Kier alpha value is -2.08. The third kappa shape index (κ3) is 2.07. The summed E-state index contributed by atoms with van der Waals surface area (Å²) in [6.07, 6.45) is 0. The Labute approximate surface area is 98.0 Å². The standard InChI is InChI=1S/C11H13N3O3/c1-6-3-7(16-2)4-8(10(6)15)11-13-9(5-12)17-14-11/h3-4,15H,5,12H2,1-2H3. The first-order valence-electron chi connectivity index (χ1n) is 5.06. The van der Waals surface area contributed by atoms with E-state index in [-0.39, 0.29) is 12.3 Å². The smallest absolute Gasteiger partial charge is 0.240 e. The fourth-order valence-electron chi connectivity index (χ4n) is 1.48. The molecule has 0 aliphatic rings. The number of nitrogens with two attached hydrogens (primary N) is 1. The summed E-state index contributed by atoms with van der Waals surface area (Å²) in [5.74, 6) is 1.34. The summed E-state index contributed by atoms with van der Waals surface area (Å²) in [6, 6.07) is 3.37. The summed E-state index contributed by atoms with van der Waals surface area (Å²) < 4.78 is 10.0. The van der Waals surface area contributed by atoms with Gasteiger partial charge in [-0.3, -0.25) is 0 Å². The third-order valence-corrected chi connectivity index (χ3v) is 2.39. The van der Waals surface area contributed by atoms with Gasteiger partial charge in [-0.1, -0.05) is 5.16 Å². The van der Waals surface area contributed by atoms with E-state index < -0.39 is 0 Å². The summed E-state index contributed by atoms with van der Waals surface area (Å²) >= 11 is 0. The molecule has 0 aliphatic heterocycles. The number of aryl methyl sites for hydroxylation is 1. The number of aromatic nitrogens is 2. The predicted molar refractivity (Wildman–Crippen MR) is 60.6 cm³/mol. The highest BCUT2D eigenvalue weighted by Crippen LogP contribution is 2.34. The van der Waals surface area contributed by atoms with Gasteiger partial charge in [0.15, 0.2) is 0 Å². The number of nitrogens with zero attached hydrogens (tertiary/aromatic N) is 2. The van der Waals surface area contributed by atoms with E-state index in [2.05, 4.69) is 10.1 Å². The number of hydrogen-bond acceptors (Lipinski definition) is 6. The Morgan fingerprint density at radius 1 is 1.47 bits per heavy atom. The van der Waals surface area contributed by atoms with E-state index in [1.165, 1.54) is 0 Å². The van der Waals surface area contributed by atoms with Crippen LogP contribution in [0.25, 0.3) is 11.4 Å². The number of phenols is 1. The van der Waals surface area contributed by atoms with Crippen LogP contribution in [0.4, 0.5) is 0 Å². The number of benzene rings is 1. The molecule has 0 saturated heterocycles. The first-order chi connectivity index (χ1) is 8.15. The number of hydrogen-bond donors (Lipinski definition) is 2. The van der Waals surface area contributed by atoms with Gasteiger partial charge in [0.25, 0.3) is 0 Å². The maximum Gasteiger partial charge on any atom is 0.240 e. The van der Waals surface area contributed by atoms with E-state index >= 15 is 0 Å². The molecule has 0 unspecified atom stereocenters. The fraction of sp³-hybridized carbons (Fsp3) is 0.273. The highest BCUT2D eigenvalue weighted by atomic mass is 16.5. The Morgan fingerprint density at radius 3 is 2.82 bits per heavy atom. The fourth-order valence-corrected chi connectivity index (χ4v) is 1.48. The monoisotopic (exact) mass is 235 g/mol. The van der Waals surface area contributed by atoms with E-state index in [0.717, 1.165) is 0 Å². The normalized spacial score (nSPS) is 10.5. The van der Waals surface area contributed by atoms with Crippen LogP contribution in [-0.2, 0) is 6.54 Å². The van der Waals surface area contributed by atoms with Crippen molar-refractivity contribution in [3.05, 3.63) is 23.6 Å². The molecule has 6 heteroatoms. The van der Waals surface area contributed by atoms with Crippen LogP contribution in [0.15, 0.2) is 16.7 Å². The minimum atomic E-state index is 0.107. The van der Waals surface area contributed by atoms with E-state index in [0.29, 0.717) is 28.6 Å². The van der Waals surface area contributed by atoms with Crippen LogP contribution in [0.3, 0.4) is 0 Å². The van der Waals surface area contributed by atoms with Gasteiger partial charge >= 0.3 is 0 Å². The molecular formula is C11H13N3O3. The van der Waals surface area contributed by atoms with Gasteiger partial charge < -0.3 is 20.1 Å². The zero-order valence-corrected chi connectivity index (χ0v) is 9.60. The number of rotatable bonds is 3. The van der Waals surface area contributed by atoms with Gasteiger partial charge in [-0.15, -0.1) is 0 Å². The predicted octanol–water partition coefficient (Wildman–Crippen LogP) is 1.22. The molecule has 0 fully saturated rings. The molecule has 0 amide bonds. The van der Waals surface area contributed by atoms with E-state index in [1.807, 2.05) is 0 Å². The van der Waals surface area contributed by atoms with Crippen molar-refractivity contribution in [2.75, 3.05) is 7.11 Å². The number of phenolic OH excluding ortho intramolecular Hbond substituents is 1. The Morgan fingerprint density at radius 2 is 2.24 bits per heavy atom. The molecule has 3 N–H and O–H groups in total. The van der Waals surface area contributed by atoms with Crippen molar-refractivity contribution in [3.63, 3.8) is 0 Å². The first kappa shape index (κ1) is 11.4. The lowest BCUT2D eigenvalue weighted by Crippen LogP contribution is -1.96. The summed E-state index contributed by atoms with van der Waals surface area (Å²) in [6.45, 7) is 1.93. The zero-order valence-electron chi connectivity index (χ0n) is 9.60. The Balaban J connectivity index is 2.53. The van der Waals surface area contributed by atoms with Gasteiger partial charge in [0.05, 0.1) is 19.2 Å². The van der Waals surface area contributed by atoms with E-state index in [1.54, 1.807) is 26.2 Å². The Kier molecular flexibility index (Phi) is 2.97. The van der Waals surface area contributed by atoms with Crippen molar-refractivity contribution < 1.29 is 14.4 Å². The quantitative estimate of drug-likeness (QED) is 0.830. The maximum absolute atomic E-state index is 9.94. The van der Waals surface area contributed by atoms with Crippen LogP contribution in [0.2, 0.25) is 0 Å². The summed E-state index contributed by atoms with van der Waals surface area (Å²) in [4.78, 5) is 4.06. The lowest BCUT2D eigenvalue weighted by molar-refractivity contribution is 0.380. The number of ether oxygens (including phenoxy) is 1. The molecule has 2 rings (SSSR count). The van der Waals surface area contributed by atoms with Crippen LogP contribution >= 0.6 is 0 Å². The topological polar surface area (TPSA) is 94.4 Å². The molecule has 1 aromatic heterocycles. The van der Waals surface area contributed by atoms with Gasteiger partial charge in [0.2, 0.25) is 11.7 Å². The van der Waals surface area contributed by atoms with Crippen LogP contribution in [0.1, 0.15) is 11.5 Å². The molecule has 6 nitrogen and oxygen atoms in total. The molecule has 0 atom stereocenters. The lowest BCUT2D eigenvalue weighted by atomic mass is 10.1. The number of methoxy groups -OCH3 is 1. The maximum atomic E-state index is 9.94.